The van der Waals surface area contributed by atoms with Gasteiger partial charge in [0.2, 0.25) is 0 Å². The molecule has 19 heavy (non-hydrogen) atoms. The summed E-state index contributed by atoms with van der Waals surface area (Å²) in [4.78, 5) is 22.2. The van der Waals surface area contributed by atoms with E-state index in [4.69, 9.17) is 26.2 Å². The number of esters is 2. The van der Waals surface area contributed by atoms with Gasteiger partial charge in [-0.1, -0.05) is 17.7 Å². The molecule has 2 N–H and O–H groups in total. The average molecular weight is 286 g/mol. The monoisotopic (exact) mass is 285 g/mol. The van der Waals surface area contributed by atoms with E-state index in [1.807, 2.05) is 0 Å². The van der Waals surface area contributed by atoms with E-state index in [-0.39, 0.29) is 6.61 Å². The first-order chi connectivity index (χ1) is 9.10. The minimum atomic E-state index is -1.18. The molecule has 1 aliphatic rings. The minimum Gasteiger partial charge on any atom is -0.406 e. The number of ether oxygens (including phenoxy) is 2. The lowest BCUT2D eigenvalue weighted by Crippen LogP contribution is -2.37. The lowest BCUT2D eigenvalue weighted by atomic mass is 10.1. The second-order valence-corrected chi connectivity index (χ2v) is 4.28. The minimum absolute atomic E-state index is 0.0807. The molecule has 0 radical (unpaired) electrons. The Morgan fingerprint density at radius 1 is 1.32 bits per heavy atom. The van der Waals surface area contributed by atoms with E-state index in [0.29, 0.717) is 22.7 Å². The number of halogens is 1. The highest BCUT2D eigenvalue weighted by Gasteiger charge is 2.28. The van der Waals surface area contributed by atoms with Crippen LogP contribution >= 0.6 is 11.6 Å². The molecule has 1 aromatic carbocycles. The van der Waals surface area contributed by atoms with Crippen LogP contribution in [0.5, 0.6) is 0 Å². The van der Waals surface area contributed by atoms with Gasteiger partial charge in [-0.25, -0.2) is 0 Å². The third-order valence-electron chi connectivity index (χ3n) is 2.52. The Bertz CT molecular complexity index is 489. The van der Waals surface area contributed by atoms with Crippen molar-refractivity contribution in [3.05, 3.63) is 28.8 Å². The average Bonchev–Trinajstić information content (AvgIpc) is 2.32. The predicted octanol–water partition coefficient (Wildman–Crippen LogP) is 1.06. The van der Waals surface area contributed by atoms with Gasteiger partial charge in [0.05, 0.1) is 0 Å². The number of carbonyl (C=O) groups is 2. The SMILES string of the molecule is O=C1CC(=O)OC(Nc2cccc(Cl)c2CCO)O1. The van der Waals surface area contributed by atoms with Crippen molar-refractivity contribution < 1.29 is 24.2 Å². The number of cyclic esters (lactones) is 2. The van der Waals surface area contributed by atoms with Crippen LogP contribution in [0.25, 0.3) is 0 Å². The Labute approximate surface area is 114 Å². The van der Waals surface area contributed by atoms with Crippen molar-refractivity contribution in [1.82, 2.24) is 0 Å². The molecule has 0 saturated carbocycles. The Hall–Kier alpha value is -1.79. The van der Waals surface area contributed by atoms with Crippen LogP contribution in [0.15, 0.2) is 18.2 Å². The lowest BCUT2D eigenvalue weighted by Gasteiger charge is -2.24. The summed E-state index contributed by atoms with van der Waals surface area (Å²) in [6.45, 7) is -0.0807. The van der Waals surface area contributed by atoms with E-state index >= 15 is 0 Å². The van der Waals surface area contributed by atoms with Gasteiger partial charge >= 0.3 is 18.4 Å². The quantitative estimate of drug-likeness (QED) is 0.636. The van der Waals surface area contributed by atoms with Crippen LogP contribution in [0.1, 0.15) is 12.0 Å². The molecule has 7 heteroatoms. The van der Waals surface area contributed by atoms with Gasteiger partial charge in [-0.15, -0.1) is 0 Å². The van der Waals surface area contributed by atoms with Crippen molar-refractivity contribution in [2.45, 2.75) is 19.3 Å². The molecule has 0 aromatic heterocycles. The summed E-state index contributed by atoms with van der Waals surface area (Å²) in [6.07, 6.45) is -1.24. The van der Waals surface area contributed by atoms with Crippen molar-refractivity contribution >= 4 is 29.2 Å². The van der Waals surface area contributed by atoms with E-state index in [0.717, 1.165) is 0 Å². The smallest absolute Gasteiger partial charge is 0.329 e. The second-order valence-electron chi connectivity index (χ2n) is 3.87. The topological polar surface area (TPSA) is 84.9 Å². The molecular weight excluding hydrogens is 274 g/mol. The molecule has 1 saturated heterocycles. The van der Waals surface area contributed by atoms with Gasteiger partial charge in [0, 0.05) is 17.3 Å². The number of aliphatic hydroxyl groups is 1. The number of benzene rings is 1. The molecule has 0 aliphatic carbocycles. The molecule has 1 fully saturated rings. The lowest BCUT2D eigenvalue weighted by molar-refractivity contribution is -0.197. The van der Waals surface area contributed by atoms with Crippen LogP contribution < -0.4 is 5.32 Å². The molecule has 2 rings (SSSR count). The standard InChI is InChI=1S/C12H12ClNO5/c13-8-2-1-3-9(7(8)4-5-15)14-12-18-10(16)6-11(17)19-12/h1-3,12,14-15H,4-6H2. The summed E-state index contributed by atoms with van der Waals surface area (Å²) in [5, 5.41) is 12.2. The zero-order valence-electron chi connectivity index (χ0n) is 9.89. The van der Waals surface area contributed by atoms with Gasteiger partial charge in [0.25, 0.3) is 0 Å². The van der Waals surface area contributed by atoms with Gasteiger partial charge in [-0.05, 0) is 24.1 Å². The van der Waals surface area contributed by atoms with Gasteiger partial charge in [0.15, 0.2) is 0 Å². The van der Waals surface area contributed by atoms with E-state index in [9.17, 15) is 9.59 Å². The third kappa shape index (κ3) is 3.36. The van der Waals surface area contributed by atoms with Crippen molar-refractivity contribution in [2.75, 3.05) is 11.9 Å². The van der Waals surface area contributed by atoms with E-state index < -0.39 is 24.8 Å². The first kappa shape index (κ1) is 13.6. The van der Waals surface area contributed by atoms with Crippen LogP contribution in [-0.4, -0.2) is 30.1 Å². The number of carbonyl (C=O) groups excluding carboxylic acids is 2. The predicted molar refractivity (Wildman–Crippen MR) is 66.5 cm³/mol. The Kier molecular flexibility index (Phi) is 4.24. The molecular formula is C12H12ClNO5. The molecule has 1 heterocycles. The molecule has 0 spiro atoms. The van der Waals surface area contributed by atoms with Gasteiger partial charge in [0.1, 0.15) is 6.42 Å². The molecule has 0 amide bonds. The highest BCUT2D eigenvalue weighted by molar-refractivity contribution is 6.31. The molecule has 1 aromatic rings. The Morgan fingerprint density at radius 3 is 2.63 bits per heavy atom. The fourth-order valence-corrected chi connectivity index (χ4v) is 1.98. The van der Waals surface area contributed by atoms with Crippen molar-refractivity contribution in [1.29, 1.82) is 0 Å². The number of hydrogen-bond donors (Lipinski definition) is 2. The van der Waals surface area contributed by atoms with E-state index in [1.165, 1.54) is 0 Å². The Morgan fingerprint density at radius 2 is 2.00 bits per heavy atom. The number of rotatable bonds is 4. The normalized spacial score (nSPS) is 15.9. The number of aliphatic hydroxyl groups excluding tert-OH is 1. The third-order valence-corrected chi connectivity index (χ3v) is 2.87. The van der Waals surface area contributed by atoms with Crippen molar-refractivity contribution in [3.63, 3.8) is 0 Å². The number of nitrogens with one attached hydrogen (secondary N) is 1. The maximum absolute atomic E-state index is 11.1. The number of hydrogen-bond acceptors (Lipinski definition) is 6. The number of anilines is 1. The summed E-state index contributed by atoms with van der Waals surface area (Å²) in [7, 11) is 0. The molecule has 0 unspecified atom stereocenters. The zero-order valence-corrected chi connectivity index (χ0v) is 10.6. The summed E-state index contributed by atoms with van der Waals surface area (Å²) in [5.41, 5.74) is 1.19. The van der Waals surface area contributed by atoms with Gasteiger partial charge < -0.3 is 19.9 Å². The first-order valence-corrected chi connectivity index (χ1v) is 6.01. The van der Waals surface area contributed by atoms with E-state index in [2.05, 4.69) is 5.32 Å². The summed E-state index contributed by atoms with van der Waals surface area (Å²) in [6, 6.07) is 5.06. The second kappa shape index (κ2) is 5.90. The van der Waals surface area contributed by atoms with Crippen molar-refractivity contribution in [2.24, 2.45) is 0 Å². The molecule has 6 nitrogen and oxygen atoms in total. The molecule has 0 bridgehead atoms. The van der Waals surface area contributed by atoms with Crippen molar-refractivity contribution in [3.8, 4) is 0 Å². The van der Waals surface area contributed by atoms with E-state index in [1.54, 1.807) is 18.2 Å². The maximum Gasteiger partial charge on any atom is 0.329 e. The van der Waals surface area contributed by atoms with Crippen LogP contribution in [0.3, 0.4) is 0 Å². The van der Waals surface area contributed by atoms with Crippen LogP contribution in [-0.2, 0) is 25.5 Å². The summed E-state index contributed by atoms with van der Waals surface area (Å²) < 4.78 is 9.67. The molecule has 0 atom stereocenters. The highest BCUT2D eigenvalue weighted by Crippen LogP contribution is 2.26. The largest absolute Gasteiger partial charge is 0.406 e. The fraction of sp³-hybridized carbons (Fsp3) is 0.333. The van der Waals surface area contributed by atoms with Gasteiger partial charge in [-0.2, -0.15) is 0 Å². The highest BCUT2D eigenvalue weighted by atomic mass is 35.5. The fourth-order valence-electron chi connectivity index (χ4n) is 1.71. The first-order valence-electron chi connectivity index (χ1n) is 5.64. The summed E-state index contributed by atoms with van der Waals surface area (Å²) >= 11 is 6.02. The Balaban J connectivity index is 2.16. The maximum atomic E-state index is 11.1. The van der Waals surface area contributed by atoms with Crippen LogP contribution in [0.4, 0.5) is 5.69 Å². The van der Waals surface area contributed by atoms with Gasteiger partial charge in [-0.3, -0.25) is 9.59 Å². The summed E-state index contributed by atoms with van der Waals surface area (Å²) in [5.74, 6) is -1.31. The zero-order chi connectivity index (χ0) is 13.8. The van der Waals surface area contributed by atoms with Crippen LogP contribution in [0.2, 0.25) is 5.02 Å². The molecule has 102 valence electrons. The van der Waals surface area contributed by atoms with Crippen LogP contribution in [0, 0.1) is 0 Å². The molecule has 1 aliphatic heterocycles.